The normalized spacial score (nSPS) is 21.3. The standard InChI is InChI=1S/2C27H35Si.2CH3.2ClH.H2Si.Zr/c2*1-27(16-7-5-6-8-17-27)20-21-18-23-10-9-11-25(26(23)19-21)22-12-14-24(15-13-22)28(2,3)4;;;;;;/h2*9-15,18-19H,5-8,16-17,20H2,1-4H3;2*1H3;2*1H;1H2;. The topological polar surface area (TPSA) is 0 Å². The Morgan fingerprint density at radius 3 is 1.13 bits per heavy atom. The van der Waals surface area contributed by atoms with E-state index in [0.29, 0.717) is 18.1 Å². The largest absolute Gasteiger partial charge is 0.147 e. The summed E-state index contributed by atoms with van der Waals surface area (Å²) >= 11 is -3.97. The summed E-state index contributed by atoms with van der Waals surface area (Å²) in [5, 5.41) is 3.10. The van der Waals surface area contributed by atoms with Gasteiger partial charge in [0.2, 0.25) is 0 Å². The second-order valence-electron chi connectivity index (χ2n) is 24.3. The van der Waals surface area contributed by atoms with Crippen LogP contribution < -0.4 is 10.4 Å². The molecule has 0 heterocycles. The number of allylic oxidation sites excluding steroid dienone is 2. The fraction of sp³-hybridized carbons (Fsp3) is 0.500. The molecule has 8 rings (SSSR count). The zero-order valence-corrected chi connectivity index (χ0v) is 47.8. The number of halogens is 2. The van der Waals surface area contributed by atoms with Crippen molar-refractivity contribution < 1.29 is 17.4 Å². The molecule has 0 radical (unpaired) electrons. The molecule has 0 bridgehead atoms. The number of benzene rings is 4. The second-order valence-corrected chi connectivity index (χ2v) is 64.9. The summed E-state index contributed by atoms with van der Waals surface area (Å²) in [6.07, 6.45) is 24.8. The van der Waals surface area contributed by atoms with Gasteiger partial charge in [-0.25, -0.2) is 0 Å². The summed E-state index contributed by atoms with van der Waals surface area (Å²) in [5.41, 5.74) is 16.4. The average Bonchev–Trinajstić information content (AvgIpc) is 3.58. The number of fused-ring (bicyclic) bond motifs is 2. The maximum Gasteiger partial charge on any atom is -0.147 e. The summed E-state index contributed by atoms with van der Waals surface area (Å²) in [7, 11) is -2.78. The second kappa shape index (κ2) is 18.6. The molecule has 2 unspecified atom stereocenters. The fourth-order valence-corrected chi connectivity index (χ4v) is 35.0. The van der Waals surface area contributed by atoms with E-state index in [1.54, 1.807) is 43.8 Å². The van der Waals surface area contributed by atoms with Crippen LogP contribution in [-0.4, -0.2) is 23.0 Å². The van der Waals surface area contributed by atoms with Crippen molar-refractivity contribution >= 4 is 70.4 Å². The van der Waals surface area contributed by atoms with E-state index in [1.165, 1.54) is 112 Å². The SMILES string of the molecule is CC1(CC2=Cc3c(-c4ccc([Si](C)(C)C)cc4)cccc3[CH]2[Zr]([CH3])([CH3])(=[SiH2])[CH]2C(CC3(C)CCCCCC3)=Cc3c(-c4ccc([Si](C)(C)C)cc4)cccc32)CCCCCC1.Cl.Cl. The molecule has 0 nitrogen and oxygen atoms in total. The molecule has 6 heteroatoms. The Hall–Kier alpha value is -1.53. The molecule has 0 aliphatic heterocycles. The maximum atomic E-state index is 2.93. The third kappa shape index (κ3) is 10.1. The van der Waals surface area contributed by atoms with Crippen molar-refractivity contribution in [1.82, 2.24) is 0 Å². The number of rotatable bonds is 10. The van der Waals surface area contributed by atoms with E-state index in [-0.39, 0.29) is 24.8 Å². The van der Waals surface area contributed by atoms with Crippen LogP contribution >= 0.6 is 24.8 Å². The van der Waals surface area contributed by atoms with Gasteiger partial charge in [0.25, 0.3) is 0 Å². The van der Waals surface area contributed by atoms with Crippen LogP contribution in [0.25, 0.3) is 34.4 Å². The maximum absolute atomic E-state index is 3.97. The van der Waals surface area contributed by atoms with Gasteiger partial charge in [-0.05, 0) is 0 Å². The summed E-state index contributed by atoms with van der Waals surface area (Å²) in [5.74, 6) is 0. The van der Waals surface area contributed by atoms with Gasteiger partial charge in [0.15, 0.2) is 0 Å². The first kappa shape index (κ1) is 49.9. The molecule has 4 aromatic rings. The van der Waals surface area contributed by atoms with Crippen LogP contribution in [0.4, 0.5) is 0 Å². The van der Waals surface area contributed by atoms with Gasteiger partial charge in [-0.15, -0.1) is 24.8 Å². The van der Waals surface area contributed by atoms with Crippen molar-refractivity contribution in [2.45, 2.75) is 160 Å². The van der Waals surface area contributed by atoms with Gasteiger partial charge in [-0.3, -0.25) is 0 Å². The molecule has 62 heavy (non-hydrogen) atoms. The summed E-state index contributed by atoms with van der Waals surface area (Å²) < 4.78 is 6.91. The van der Waals surface area contributed by atoms with E-state index >= 15 is 0 Å². The molecule has 0 saturated heterocycles. The minimum atomic E-state index is -3.97. The minimum absolute atomic E-state index is 0. The van der Waals surface area contributed by atoms with Crippen LogP contribution in [0.15, 0.2) is 96.1 Å². The van der Waals surface area contributed by atoms with Gasteiger partial charge < -0.3 is 0 Å². The molecule has 4 aliphatic rings. The first-order chi connectivity index (χ1) is 28.2. The minimum Gasteiger partial charge on any atom is -0.147 e. The van der Waals surface area contributed by atoms with Crippen LogP contribution in [0, 0.1) is 10.8 Å². The van der Waals surface area contributed by atoms with Crippen molar-refractivity contribution in [2.24, 2.45) is 10.8 Å². The van der Waals surface area contributed by atoms with Crippen LogP contribution in [0.5, 0.6) is 0 Å². The number of hydrogen-bond acceptors (Lipinski definition) is 0. The zero-order chi connectivity index (χ0) is 42.7. The van der Waals surface area contributed by atoms with Crippen molar-refractivity contribution in [3.63, 3.8) is 0 Å². The van der Waals surface area contributed by atoms with Crippen LogP contribution in [-0.2, 0) is 17.4 Å². The molecule has 334 valence electrons. The van der Waals surface area contributed by atoms with Crippen molar-refractivity contribution in [3.8, 4) is 22.3 Å². The molecule has 2 saturated carbocycles. The summed E-state index contributed by atoms with van der Waals surface area (Å²) in [6.45, 7) is 22.8. The van der Waals surface area contributed by atoms with Gasteiger partial charge in [-0.1, -0.05) is 0 Å². The molecular formula is C56H80Cl2Si3Zr. The zero-order valence-electron chi connectivity index (χ0n) is 40.3. The first-order valence-corrected chi connectivity index (χ1v) is 44.9. The van der Waals surface area contributed by atoms with Gasteiger partial charge in [0, 0.05) is 0 Å². The Labute approximate surface area is 395 Å². The smallest absolute Gasteiger partial charge is 0.147 e. The van der Waals surface area contributed by atoms with E-state index in [9.17, 15) is 0 Å². The molecule has 4 aliphatic carbocycles. The van der Waals surface area contributed by atoms with E-state index in [1.807, 2.05) is 0 Å². The Morgan fingerprint density at radius 2 is 0.823 bits per heavy atom. The molecular weight excluding hydrogens is 919 g/mol. The van der Waals surface area contributed by atoms with Crippen molar-refractivity contribution in [3.05, 3.63) is 118 Å². The Bertz CT molecular complexity index is 2190. The van der Waals surface area contributed by atoms with E-state index in [2.05, 4.69) is 166 Å². The third-order valence-corrected chi connectivity index (χ3v) is 37.8. The summed E-state index contributed by atoms with van der Waals surface area (Å²) in [6, 6.07) is 34.6. The van der Waals surface area contributed by atoms with Gasteiger partial charge in [0.1, 0.15) is 0 Å². The molecule has 0 amide bonds. The predicted octanol–water partition coefficient (Wildman–Crippen LogP) is 16.4. The van der Waals surface area contributed by atoms with E-state index < -0.39 is 33.5 Å². The average molecular weight is 1000 g/mol. The molecule has 0 aromatic heterocycles. The van der Waals surface area contributed by atoms with Crippen molar-refractivity contribution in [1.29, 1.82) is 0 Å². The Kier molecular flexibility index (Phi) is 15.0. The van der Waals surface area contributed by atoms with Gasteiger partial charge >= 0.3 is 374 Å². The third-order valence-electron chi connectivity index (χ3n) is 16.2. The fourth-order valence-electron chi connectivity index (χ4n) is 12.9. The monoisotopic (exact) mass is 996 g/mol. The van der Waals surface area contributed by atoms with Crippen LogP contribution in [0.2, 0.25) is 48.5 Å². The molecule has 2 atom stereocenters. The Morgan fingerprint density at radius 1 is 0.500 bits per heavy atom. The number of hydrogen-bond donors (Lipinski definition) is 0. The molecule has 2 fully saturated rings. The molecule has 0 spiro atoms. The van der Waals surface area contributed by atoms with Gasteiger partial charge in [-0.2, -0.15) is 0 Å². The van der Waals surface area contributed by atoms with E-state index in [4.69, 9.17) is 0 Å². The summed E-state index contributed by atoms with van der Waals surface area (Å²) in [4.78, 5) is 0. The quantitative estimate of drug-likeness (QED) is 0.110. The van der Waals surface area contributed by atoms with Gasteiger partial charge in [0.05, 0.1) is 0 Å². The Balaban J connectivity index is 0.00000321. The molecule has 0 N–H and O–H groups in total. The van der Waals surface area contributed by atoms with Crippen LogP contribution in [0.3, 0.4) is 0 Å². The predicted molar refractivity (Wildman–Crippen MR) is 287 cm³/mol. The van der Waals surface area contributed by atoms with Crippen LogP contribution in [0.1, 0.15) is 133 Å². The van der Waals surface area contributed by atoms with Crippen molar-refractivity contribution in [2.75, 3.05) is 0 Å². The van der Waals surface area contributed by atoms with E-state index in [0.717, 1.165) is 0 Å². The first-order valence-electron chi connectivity index (χ1n) is 24.2. The molecule has 4 aromatic carbocycles.